The van der Waals surface area contributed by atoms with Gasteiger partial charge in [-0.05, 0) is 36.2 Å². The third-order valence-electron chi connectivity index (χ3n) is 4.09. The number of halogens is 1. The maximum absolute atomic E-state index is 11.0. The molecule has 0 spiro atoms. The van der Waals surface area contributed by atoms with Crippen LogP contribution in [0.15, 0.2) is 36.4 Å². The monoisotopic (exact) mass is 362 g/mol. The van der Waals surface area contributed by atoms with Gasteiger partial charge in [0.05, 0.1) is 18.1 Å². The molecule has 0 bridgehead atoms. The minimum Gasteiger partial charge on any atom is -0.490 e. The summed E-state index contributed by atoms with van der Waals surface area (Å²) in [6, 6.07) is 10.8. The Balaban J connectivity index is 1.68. The fraction of sp³-hybridized carbons (Fsp3) is 0.333. The molecule has 6 nitrogen and oxygen atoms in total. The molecule has 0 saturated carbocycles. The summed E-state index contributed by atoms with van der Waals surface area (Å²) in [6.45, 7) is 3.83. The molecular weight excluding hydrogens is 344 g/mol. The van der Waals surface area contributed by atoms with Gasteiger partial charge in [0, 0.05) is 25.1 Å². The fourth-order valence-electron chi connectivity index (χ4n) is 2.65. The van der Waals surface area contributed by atoms with Crippen molar-refractivity contribution in [2.45, 2.75) is 25.9 Å². The van der Waals surface area contributed by atoms with Crippen molar-refractivity contribution in [2.75, 3.05) is 13.2 Å². The molecule has 0 aliphatic carbocycles. The van der Waals surface area contributed by atoms with E-state index in [1.807, 2.05) is 25.1 Å². The maximum Gasteiger partial charge on any atom is 0.288 e. The zero-order valence-corrected chi connectivity index (χ0v) is 14.6. The molecule has 1 aliphatic heterocycles. The van der Waals surface area contributed by atoms with E-state index >= 15 is 0 Å². The Morgan fingerprint density at radius 2 is 1.96 bits per heavy atom. The van der Waals surface area contributed by atoms with Gasteiger partial charge in [0.1, 0.15) is 5.02 Å². The molecule has 25 heavy (non-hydrogen) atoms. The van der Waals surface area contributed by atoms with E-state index in [4.69, 9.17) is 21.1 Å². The van der Waals surface area contributed by atoms with Gasteiger partial charge in [-0.2, -0.15) is 0 Å². The Morgan fingerprint density at radius 3 is 2.72 bits per heavy atom. The molecule has 1 heterocycles. The van der Waals surface area contributed by atoms with Crippen LogP contribution < -0.4 is 14.8 Å². The number of ether oxygens (including phenoxy) is 2. The first kappa shape index (κ1) is 17.5. The number of nitrogens with zero attached hydrogens (tertiary/aromatic N) is 1. The Bertz CT molecular complexity index is 782. The van der Waals surface area contributed by atoms with E-state index in [1.54, 1.807) is 12.1 Å². The van der Waals surface area contributed by atoms with Crippen LogP contribution in [0.4, 0.5) is 5.69 Å². The number of rotatable bonds is 5. The Labute approximate surface area is 150 Å². The van der Waals surface area contributed by atoms with Crippen LogP contribution >= 0.6 is 11.6 Å². The first-order valence-electron chi connectivity index (χ1n) is 8.10. The van der Waals surface area contributed by atoms with E-state index in [2.05, 4.69) is 5.32 Å². The van der Waals surface area contributed by atoms with E-state index in [9.17, 15) is 10.1 Å². The average Bonchev–Trinajstić information content (AvgIpc) is 2.85. The van der Waals surface area contributed by atoms with Gasteiger partial charge in [0.2, 0.25) is 0 Å². The lowest BCUT2D eigenvalue weighted by molar-refractivity contribution is -0.384. The van der Waals surface area contributed by atoms with Gasteiger partial charge >= 0.3 is 0 Å². The third kappa shape index (κ3) is 4.21. The lowest BCUT2D eigenvalue weighted by atomic mass is 10.1. The van der Waals surface area contributed by atoms with E-state index in [0.717, 1.165) is 29.0 Å². The Morgan fingerprint density at radius 1 is 1.20 bits per heavy atom. The highest BCUT2D eigenvalue weighted by Gasteiger charge is 2.15. The van der Waals surface area contributed by atoms with E-state index in [0.29, 0.717) is 19.8 Å². The molecule has 132 valence electrons. The number of hydrogen-bond donors (Lipinski definition) is 1. The Kier molecular flexibility index (Phi) is 5.40. The van der Waals surface area contributed by atoms with Crippen molar-refractivity contribution in [3.05, 3.63) is 62.7 Å². The first-order valence-corrected chi connectivity index (χ1v) is 8.48. The summed E-state index contributed by atoms with van der Waals surface area (Å²) in [5.41, 5.74) is 1.79. The van der Waals surface area contributed by atoms with Gasteiger partial charge in [-0.15, -0.1) is 0 Å². The number of nitrogens with one attached hydrogen (secondary N) is 1. The highest BCUT2D eigenvalue weighted by molar-refractivity contribution is 6.32. The lowest BCUT2D eigenvalue weighted by Gasteiger charge is -2.16. The molecule has 3 rings (SSSR count). The average molecular weight is 363 g/mol. The summed E-state index contributed by atoms with van der Waals surface area (Å²) in [7, 11) is 0. The smallest absolute Gasteiger partial charge is 0.288 e. The Hall–Kier alpha value is -2.31. The predicted octanol–water partition coefficient (Wildman–Crippen LogP) is 4.26. The van der Waals surface area contributed by atoms with Crippen molar-refractivity contribution in [2.24, 2.45) is 0 Å². The van der Waals surface area contributed by atoms with Crippen molar-refractivity contribution >= 4 is 17.3 Å². The molecule has 1 atom stereocenters. The quantitative estimate of drug-likeness (QED) is 0.635. The summed E-state index contributed by atoms with van der Waals surface area (Å²) in [5.74, 6) is 1.52. The van der Waals surface area contributed by atoms with Crippen molar-refractivity contribution in [3.63, 3.8) is 0 Å². The van der Waals surface area contributed by atoms with E-state index < -0.39 is 4.92 Å². The zero-order valence-electron chi connectivity index (χ0n) is 13.8. The number of benzene rings is 2. The summed E-state index contributed by atoms with van der Waals surface area (Å²) < 4.78 is 11.4. The van der Waals surface area contributed by atoms with Gasteiger partial charge in [-0.25, -0.2) is 0 Å². The minimum atomic E-state index is -0.473. The summed E-state index contributed by atoms with van der Waals surface area (Å²) in [4.78, 5) is 10.5. The molecule has 1 N–H and O–H groups in total. The molecule has 0 radical (unpaired) electrons. The van der Waals surface area contributed by atoms with Crippen molar-refractivity contribution in [3.8, 4) is 11.5 Å². The summed E-state index contributed by atoms with van der Waals surface area (Å²) in [6.07, 6.45) is 0.868. The van der Waals surface area contributed by atoms with Crippen LogP contribution in [-0.2, 0) is 6.54 Å². The second-order valence-electron chi connectivity index (χ2n) is 5.90. The molecule has 0 unspecified atom stereocenters. The van der Waals surface area contributed by atoms with Gasteiger partial charge in [-0.1, -0.05) is 23.7 Å². The SMILES string of the molecule is C[C@H](NCc1ccc(Cl)c([N+](=O)[O-])c1)c1ccc2c(c1)OCCCO2. The lowest BCUT2D eigenvalue weighted by Crippen LogP contribution is -2.18. The number of nitro benzene ring substituents is 1. The molecule has 2 aromatic rings. The topological polar surface area (TPSA) is 73.6 Å². The van der Waals surface area contributed by atoms with Gasteiger partial charge in [-0.3, -0.25) is 10.1 Å². The van der Waals surface area contributed by atoms with Gasteiger partial charge < -0.3 is 14.8 Å². The summed E-state index contributed by atoms with van der Waals surface area (Å²) in [5, 5.41) is 14.5. The van der Waals surface area contributed by atoms with Crippen LogP contribution in [0.1, 0.15) is 30.5 Å². The van der Waals surface area contributed by atoms with Crippen LogP contribution in [0.3, 0.4) is 0 Å². The van der Waals surface area contributed by atoms with Crippen LogP contribution in [0.2, 0.25) is 5.02 Å². The van der Waals surface area contributed by atoms with Crippen LogP contribution in [0.25, 0.3) is 0 Å². The largest absolute Gasteiger partial charge is 0.490 e. The first-order chi connectivity index (χ1) is 12.0. The number of nitro groups is 1. The van der Waals surface area contributed by atoms with Crippen LogP contribution in [0.5, 0.6) is 11.5 Å². The van der Waals surface area contributed by atoms with E-state index in [1.165, 1.54) is 6.07 Å². The highest BCUT2D eigenvalue weighted by Crippen LogP contribution is 2.32. The molecule has 0 amide bonds. The molecule has 0 aromatic heterocycles. The number of hydrogen-bond acceptors (Lipinski definition) is 5. The molecule has 2 aromatic carbocycles. The number of fused-ring (bicyclic) bond motifs is 1. The van der Waals surface area contributed by atoms with Crippen LogP contribution in [0, 0.1) is 10.1 Å². The predicted molar refractivity (Wildman–Crippen MR) is 95.4 cm³/mol. The van der Waals surface area contributed by atoms with E-state index in [-0.39, 0.29) is 16.8 Å². The van der Waals surface area contributed by atoms with Crippen molar-refractivity contribution in [1.82, 2.24) is 5.32 Å². The molecule has 1 aliphatic rings. The van der Waals surface area contributed by atoms with Gasteiger partial charge in [0.15, 0.2) is 11.5 Å². The van der Waals surface area contributed by atoms with Crippen molar-refractivity contribution in [1.29, 1.82) is 0 Å². The standard InChI is InChI=1S/C18H19ClN2O4/c1-12(14-4-6-17-18(10-14)25-8-2-7-24-17)20-11-13-3-5-15(19)16(9-13)21(22)23/h3-6,9-10,12,20H,2,7-8,11H2,1H3/t12-/m0/s1. The molecule has 0 fully saturated rings. The van der Waals surface area contributed by atoms with Crippen molar-refractivity contribution < 1.29 is 14.4 Å². The zero-order chi connectivity index (χ0) is 17.8. The minimum absolute atomic E-state index is 0.0480. The fourth-order valence-corrected chi connectivity index (χ4v) is 2.83. The molecule has 7 heteroatoms. The second-order valence-corrected chi connectivity index (χ2v) is 6.31. The summed E-state index contributed by atoms with van der Waals surface area (Å²) >= 11 is 5.84. The van der Waals surface area contributed by atoms with Crippen LogP contribution in [-0.4, -0.2) is 18.1 Å². The molecular formula is C18H19ClN2O4. The maximum atomic E-state index is 11.0. The molecule has 0 saturated heterocycles. The highest BCUT2D eigenvalue weighted by atomic mass is 35.5. The normalized spacial score (nSPS) is 14.6. The van der Waals surface area contributed by atoms with Gasteiger partial charge in [0.25, 0.3) is 5.69 Å². The third-order valence-corrected chi connectivity index (χ3v) is 4.41. The second kappa shape index (κ2) is 7.72.